The van der Waals surface area contributed by atoms with E-state index in [0.717, 1.165) is 16.9 Å². The molecule has 1 aliphatic heterocycles. The van der Waals surface area contributed by atoms with Crippen LogP contribution in [0, 0.1) is 23.7 Å². The van der Waals surface area contributed by atoms with E-state index in [4.69, 9.17) is 19.9 Å². The lowest BCUT2D eigenvalue weighted by molar-refractivity contribution is -0.147. The summed E-state index contributed by atoms with van der Waals surface area (Å²) in [5, 5.41) is 16.4. The number of likely N-dealkylation sites (N-methyl/N-ethyl adjacent to an activating group) is 2. The number of amides is 10. The zero-order valence-electron chi connectivity index (χ0n) is 47.9. The first-order valence-electron chi connectivity index (χ1n) is 27.0. The Morgan fingerprint density at radius 3 is 2.00 bits per heavy atom. The molecule has 22 nitrogen and oxygen atoms in total. The Labute approximate surface area is 460 Å². The summed E-state index contributed by atoms with van der Waals surface area (Å²) in [4.78, 5) is 123. The molecule has 0 bridgehead atoms. The Hall–Kier alpha value is -6.81. The van der Waals surface area contributed by atoms with Crippen LogP contribution in [0.5, 0.6) is 0 Å². The van der Waals surface area contributed by atoms with Gasteiger partial charge < -0.3 is 66.5 Å². The maximum absolute atomic E-state index is 14.4. The number of nitrogens with zero attached hydrogens (tertiary/aromatic N) is 3. The van der Waals surface area contributed by atoms with Crippen molar-refractivity contribution >= 4 is 59.2 Å². The second-order valence-electron chi connectivity index (χ2n) is 20.9. The van der Waals surface area contributed by atoms with Crippen molar-refractivity contribution in [2.24, 2.45) is 29.4 Å². The fourth-order valence-corrected chi connectivity index (χ4v) is 9.64. The van der Waals surface area contributed by atoms with Gasteiger partial charge in [0.1, 0.15) is 31.3 Å². The van der Waals surface area contributed by atoms with Crippen LogP contribution in [0.1, 0.15) is 105 Å². The average Bonchev–Trinajstić information content (AvgIpc) is 3.91. The van der Waals surface area contributed by atoms with Crippen molar-refractivity contribution in [2.45, 2.75) is 149 Å². The zero-order valence-corrected chi connectivity index (χ0v) is 47.9. The quantitative estimate of drug-likeness (QED) is 0.0532. The van der Waals surface area contributed by atoms with Gasteiger partial charge in [0.15, 0.2) is 0 Å². The summed E-state index contributed by atoms with van der Waals surface area (Å²) < 4.78 is 17.4. The summed E-state index contributed by atoms with van der Waals surface area (Å²) in [5.74, 6) is -4.14. The minimum atomic E-state index is -1.03. The molecule has 2 aromatic rings. The van der Waals surface area contributed by atoms with E-state index < -0.39 is 90.5 Å². The zero-order chi connectivity index (χ0) is 58.2. The summed E-state index contributed by atoms with van der Waals surface area (Å²) in [6, 6.07) is 11.7. The number of hydrogen-bond acceptors (Lipinski definition) is 12. The number of rotatable bonds is 31. The van der Waals surface area contributed by atoms with Crippen LogP contribution in [0.15, 0.2) is 54.6 Å². The van der Waals surface area contributed by atoms with Gasteiger partial charge in [-0.05, 0) is 73.1 Å². The molecule has 0 unspecified atom stereocenters. The van der Waals surface area contributed by atoms with Crippen molar-refractivity contribution in [3.63, 3.8) is 0 Å². The molecule has 0 aromatic heterocycles. The molecule has 8 N–H and O–H groups in total. The normalized spacial score (nSPS) is 16.3. The maximum Gasteiger partial charge on any atom is 0.410 e. The number of nitrogens with two attached hydrogens (primary N) is 1. The van der Waals surface area contributed by atoms with E-state index in [1.54, 1.807) is 75.9 Å². The lowest BCUT2D eigenvalue weighted by atomic mass is 9.89. The van der Waals surface area contributed by atoms with Crippen molar-refractivity contribution in [3.8, 4) is 0 Å². The second kappa shape index (κ2) is 32.8. The number of benzene rings is 2. The van der Waals surface area contributed by atoms with Crippen molar-refractivity contribution in [3.05, 3.63) is 65.7 Å². The predicted molar refractivity (Wildman–Crippen MR) is 295 cm³/mol. The molecule has 1 aliphatic rings. The lowest BCUT2D eigenvalue weighted by Crippen LogP contribution is -2.58. The predicted octanol–water partition coefficient (Wildman–Crippen LogP) is 3.71. The highest BCUT2D eigenvalue weighted by Gasteiger charge is 2.43. The molecule has 10 amide bonds. The van der Waals surface area contributed by atoms with Gasteiger partial charge in [0.2, 0.25) is 41.4 Å². The second-order valence-corrected chi connectivity index (χ2v) is 20.9. The topological polar surface area (TPSA) is 289 Å². The number of likely N-dealkylation sites (tertiary alicyclic amines) is 1. The van der Waals surface area contributed by atoms with Gasteiger partial charge in [-0.1, -0.05) is 97.4 Å². The van der Waals surface area contributed by atoms with Gasteiger partial charge >= 0.3 is 12.1 Å². The third kappa shape index (κ3) is 20.5. The highest BCUT2D eigenvalue weighted by molar-refractivity contribution is 5.98. The molecule has 0 spiro atoms. The number of methoxy groups -OCH3 is 2. The summed E-state index contributed by atoms with van der Waals surface area (Å²) >= 11 is 0. The number of primary amides is 1. The number of ether oxygens (including phenoxy) is 3. The largest absolute Gasteiger partial charge is 0.445 e. The first kappa shape index (κ1) is 65.5. The molecule has 78 heavy (non-hydrogen) atoms. The molecular weight excluding hydrogens is 1000 g/mol. The molecular formula is C56H88N10O12. The maximum atomic E-state index is 14.4. The van der Waals surface area contributed by atoms with Crippen LogP contribution >= 0.6 is 0 Å². The Morgan fingerprint density at radius 2 is 1.42 bits per heavy atom. The number of carbonyl (C=O) groups excluding carboxylic acids is 9. The van der Waals surface area contributed by atoms with E-state index in [-0.39, 0.29) is 61.6 Å². The van der Waals surface area contributed by atoms with E-state index in [1.165, 1.54) is 21.1 Å². The molecule has 2 aromatic carbocycles. The number of anilines is 1. The lowest BCUT2D eigenvalue weighted by Gasteiger charge is -2.40. The van der Waals surface area contributed by atoms with Crippen molar-refractivity contribution in [2.75, 3.05) is 59.8 Å². The van der Waals surface area contributed by atoms with E-state index in [9.17, 15) is 43.2 Å². The van der Waals surface area contributed by atoms with Crippen LogP contribution in [0.2, 0.25) is 0 Å². The minimum absolute atomic E-state index is 0.0383. The Morgan fingerprint density at radius 1 is 0.769 bits per heavy atom. The van der Waals surface area contributed by atoms with Crippen LogP contribution in [-0.2, 0) is 60.8 Å². The number of urea groups is 1. The minimum Gasteiger partial charge on any atom is -0.445 e. The number of nitrogens with one attached hydrogen (secondary N) is 6. The number of hydrogen-bond donors (Lipinski definition) is 7. The first-order chi connectivity index (χ1) is 36.9. The molecule has 1 fully saturated rings. The van der Waals surface area contributed by atoms with E-state index in [1.807, 2.05) is 51.1 Å². The summed E-state index contributed by atoms with van der Waals surface area (Å²) in [6.07, 6.45) is 1.07. The van der Waals surface area contributed by atoms with Crippen LogP contribution in [0.3, 0.4) is 0 Å². The molecule has 0 aliphatic carbocycles. The van der Waals surface area contributed by atoms with Crippen molar-refractivity contribution < 1.29 is 57.4 Å². The third-order valence-electron chi connectivity index (χ3n) is 14.2. The standard InChI is InChI=1S/C56H88N10O12/c1-13-36(6)49(44(76-11)31-46(69)66-30-18-22-43(66)50(77-12)37(7)51(70)58-29-27-39-19-15-14-16-20-39)65(10)54(73)48(35(4)5)63-45(68)32-64(9)56(75)78-33-40-23-25-41(26-24-40)61-52(71)42(21-17-28-59-55(57)74)62-53(72)47(34(2)3)60-38(8)67/h14-16,19-20,23-26,34-37,42-44,47-50H,13,17-18,21-22,27-33H2,1-12H3,(H,58,70)(H,60,67)(H,61,71)(H,62,72)(H,63,68)(H3,57,59,74)/t36-,37+,42+,43-,44+,47+,48-,49-,50+/m0/s1. The van der Waals surface area contributed by atoms with Gasteiger partial charge in [-0.2, -0.15) is 0 Å². The SMILES string of the molecule is CC[C@H](C)[C@@H]([C@@H](CC(=O)N1CCC[C@H]1[C@H](OC)[C@@H](C)C(=O)NCCc1ccccc1)OC)N(C)C(=O)[C@@H](NC(=O)CN(C)C(=O)OCc1ccc(NC(=O)[C@@H](CCCNC(N)=O)NC(=O)[C@H](NC(C)=O)C(C)C)cc1)C(C)C. The van der Waals surface area contributed by atoms with Crippen molar-refractivity contribution in [1.29, 1.82) is 0 Å². The van der Waals surface area contributed by atoms with E-state index in [2.05, 4.69) is 31.9 Å². The van der Waals surface area contributed by atoms with Crippen molar-refractivity contribution in [1.82, 2.24) is 41.3 Å². The summed E-state index contributed by atoms with van der Waals surface area (Å²) in [5.41, 5.74) is 7.21. The van der Waals surface area contributed by atoms with Gasteiger partial charge in [-0.15, -0.1) is 0 Å². The average molecular weight is 1090 g/mol. The number of carbonyl (C=O) groups is 9. The summed E-state index contributed by atoms with van der Waals surface area (Å²) in [7, 11) is 6.10. The molecule has 1 heterocycles. The van der Waals surface area contributed by atoms with Crippen LogP contribution in [0.4, 0.5) is 15.3 Å². The highest BCUT2D eigenvalue weighted by Crippen LogP contribution is 2.30. The van der Waals surface area contributed by atoms with Gasteiger partial charge in [0.05, 0.1) is 36.6 Å². The molecule has 3 rings (SSSR count). The van der Waals surface area contributed by atoms with Gasteiger partial charge in [-0.3, -0.25) is 33.6 Å². The molecule has 1 saturated heterocycles. The highest BCUT2D eigenvalue weighted by atomic mass is 16.6. The van der Waals surface area contributed by atoms with Gasteiger partial charge in [-0.25, -0.2) is 9.59 Å². The fraction of sp³-hybridized carbons (Fsp3) is 0.625. The molecule has 0 radical (unpaired) electrons. The molecule has 434 valence electrons. The summed E-state index contributed by atoms with van der Waals surface area (Å²) in [6.45, 7) is 14.7. The third-order valence-corrected chi connectivity index (χ3v) is 14.2. The van der Waals surface area contributed by atoms with Gasteiger partial charge in [0, 0.05) is 60.6 Å². The van der Waals surface area contributed by atoms with Crippen LogP contribution in [0.25, 0.3) is 0 Å². The van der Waals surface area contributed by atoms with E-state index >= 15 is 0 Å². The monoisotopic (exact) mass is 1090 g/mol. The van der Waals surface area contributed by atoms with Gasteiger partial charge in [0.25, 0.3) is 0 Å². The van der Waals surface area contributed by atoms with E-state index in [0.29, 0.717) is 50.0 Å². The molecule has 0 saturated carbocycles. The Kier molecular flexibility index (Phi) is 27.5. The smallest absolute Gasteiger partial charge is 0.410 e. The molecule has 22 heteroatoms. The first-order valence-corrected chi connectivity index (χ1v) is 27.0. The fourth-order valence-electron chi connectivity index (χ4n) is 9.64. The molecule has 9 atom stereocenters. The Balaban J connectivity index is 1.61. The van der Waals surface area contributed by atoms with Crippen LogP contribution < -0.4 is 37.6 Å². The van der Waals surface area contributed by atoms with Crippen LogP contribution in [-0.4, -0.2) is 165 Å². The Bertz CT molecular complexity index is 2290.